The van der Waals surface area contributed by atoms with Crippen LogP contribution in [0, 0.1) is 5.82 Å². The number of piperazine rings is 1. The van der Waals surface area contributed by atoms with Crippen molar-refractivity contribution >= 4 is 34.4 Å². The lowest BCUT2D eigenvalue weighted by Crippen LogP contribution is -2.45. The van der Waals surface area contributed by atoms with E-state index < -0.39 is 0 Å². The number of nitrogens with two attached hydrogens (primary N) is 1. The Morgan fingerprint density at radius 2 is 1.77 bits per heavy atom. The Labute approximate surface area is 183 Å². The molecule has 0 amide bonds. The van der Waals surface area contributed by atoms with Gasteiger partial charge in [-0.3, -0.25) is 0 Å². The van der Waals surface area contributed by atoms with Crippen molar-refractivity contribution in [2.24, 2.45) is 0 Å². The van der Waals surface area contributed by atoms with E-state index in [4.69, 9.17) is 27.3 Å². The molecule has 0 atom stereocenters. The highest BCUT2D eigenvalue weighted by molar-refractivity contribution is 6.30. The van der Waals surface area contributed by atoms with Crippen LogP contribution in [-0.2, 0) is 0 Å². The van der Waals surface area contributed by atoms with Crippen LogP contribution in [0.3, 0.4) is 0 Å². The molecule has 0 aliphatic carbocycles. The van der Waals surface area contributed by atoms with Gasteiger partial charge in [0.25, 0.3) is 0 Å². The fourth-order valence-electron chi connectivity index (χ4n) is 3.80. The average molecular weight is 438 g/mol. The zero-order valence-corrected chi connectivity index (χ0v) is 17.7. The Bertz CT molecular complexity index is 1260. The normalized spacial score (nSPS) is 15.0. The molecule has 158 valence electrons. The van der Waals surface area contributed by atoms with Crippen LogP contribution >= 0.6 is 11.6 Å². The quantitative estimate of drug-likeness (QED) is 0.527. The Morgan fingerprint density at radius 1 is 1.00 bits per heavy atom. The summed E-state index contributed by atoms with van der Waals surface area (Å²) in [5.74, 6) is 0.579. The molecule has 5 rings (SSSR count). The van der Waals surface area contributed by atoms with Gasteiger partial charge in [0, 0.05) is 36.8 Å². The van der Waals surface area contributed by atoms with E-state index in [2.05, 4.69) is 21.9 Å². The van der Waals surface area contributed by atoms with Gasteiger partial charge in [0.1, 0.15) is 11.6 Å². The van der Waals surface area contributed by atoms with Crippen molar-refractivity contribution in [2.45, 2.75) is 0 Å². The lowest BCUT2D eigenvalue weighted by atomic mass is 10.1. The third kappa shape index (κ3) is 3.68. The first-order valence-electron chi connectivity index (χ1n) is 10.0. The van der Waals surface area contributed by atoms with E-state index in [9.17, 15) is 4.39 Å². The molecular formula is C22H21ClFN7. The summed E-state index contributed by atoms with van der Waals surface area (Å²) in [6.45, 7) is 3.48. The van der Waals surface area contributed by atoms with Crippen LogP contribution in [-0.4, -0.2) is 57.9 Å². The van der Waals surface area contributed by atoms with Gasteiger partial charge in [-0.05, 0) is 37.4 Å². The van der Waals surface area contributed by atoms with Crippen molar-refractivity contribution in [3.63, 3.8) is 0 Å². The number of halogens is 2. The van der Waals surface area contributed by atoms with Crippen LogP contribution in [0.15, 0.2) is 48.5 Å². The van der Waals surface area contributed by atoms with Crippen LogP contribution in [0.5, 0.6) is 0 Å². The smallest absolute Gasteiger partial charge is 0.228 e. The lowest BCUT2D eigenvalue weighted by molar-refractivity contribution is 0.311. The number of nitrogen functional groups attached to an aromatic ring is 1. The summed E-state index contributed by atoms with van der Waals surface area (Å²) >= 11 is 6.26. The Kier molecular flexibility index (Phi) is 4.95. The molecule has 4 aromatic rings. The largest absolute Gasteiger partial charge is 0.383 e. The molecule has 1 fully saturated rings. The van der Waals surface area contributed by atoms with E-state index >= 15 is 0 Å². The van der Waals surface area contributed by atoms with E-state index in [-0.39, 0.29) is 5.82 Å². The average Bonchev–Trinajstić information content (AvgIpc) is 3.10. The molecule has 0 bridgehead atoms. The second-order valence-corrected chi connectivity index (χ2v) is 8.08. The molecule has 1 saturated heterocycles. The Hall–Kier alpha value is -3.23. The minimum Gasteiger partial charge on any atom is -0.383 e. The van der Waals surface area contributed by atoms with Gasteiger partial charge in [0.15, 0.2) is 5.65 Å². The summed E-state index contributed by atoms with van der Waals surface area (Å²) in [6.07, 6.45) is 0. The first-order valence-corrected chi connectivity index (χ1v) is 10.4. The van der Waals surface area contributed by atoms with Crippen LogP contribution in [0.25, 0.3) is 28.0 Å². The standard InChI is InChI=1S/C22H21ClFN7/c1-29-8-10-30(11-9-29)22-26-19(14-4-2-5-15(23)12-14)18-20(25)31(28-21(18)27-22)17-7-3-6-16(24)13-17/h2-7,12-13H,8-11,25H2,1H3. The minimum absolute atomic E-state index is 0.348. The second kappa shape index (κ2) is 7.79. The van der Waals surface area contributed by atoms with Crippen molar-refractivity contribution in [1.82, 2.24) is 24.6 Å². The third-order valence-corrected chi connectivity index (χ3v) is 5.73. The lowest BCUT2D eigenvalue weighted by Gasteiger charge is -2.32. The van der Waals surface area contributed by atoms with Crippen LogP contribution < -0.4 is 10.6 Å². The first-order chi connectivity index (χ1) is 15.0. The van der Waals surface area contributed by atoms with Gasteiger partial charge < -0.3 is 15.5 Å². The SMILES string of the molecule is CN1CCN(c2nc(-c3cccc(Cl)c3)c3c(N)n(-c4cccc(F)c4)nc3n2)CC1. The van der Waals surface area contributed by atoms with Crippen LogP contribution in [0.2, 0.25) is 5.02 Å². The highest BCUT2D eigenvalue weighted by atomic mass is 35.5. The number of hydrogen-bond acceptors (Lipinski definition) is 6. The summed E-state index contributed by atoms with van der Waals surface area (Å²) in [4.78, 5) is 14.0. The molecule has 31 heavy (non-hydrogen) atoms. The van der Waals surface area contributed by atoms with E-state index in [1.807, 2.05) is 24.3 Å². The zero-order chi connectivity index (χ0) is 21.5. The van der Waals surface area contributed by atoms with Gasteiger partial charge in [-0.25, -0.2) is 14.1 Å². The predicted molar refractivity (Wildman–Crippen MR) is 121 cm³/mol. The molecule has 7 nitrogen and oxygen atoms in total. The number of likely N-dealkylation sites (N-methyl/N-ethyl adjacent to an activating group) is 1. The molecule has 0 radical (unpaired) electrons. The molecule has 0 saturated carbocycles. The van der Waals surface area contributed by atoms with Gasteiger partial charge in [0.05, 0.1) is 16.8 Å². The second-order valence-electron chi connectivity index (χ2n) is 7.65. The highest BCUT2D eigenvalue weighted by Gasteiger charge is 2.23. The molecular weight excluding hydrogens is 417 g/mol. The maximum atomic E-state index is 13.8. The first kappa shape index (κ1) is 19.7. The molecule has 1 aliphatic rings. The van der Waals surface area contributed by atoms with E-state index in [0.29, 0.717) is 39.2 Å². The summed E-state index contributed by atoms with van der Waals surface area (Å²) in [5.41, 5.74) is 8.94. The topological polar surface area (TPSA) is 76.1 Å². The molecule has 3 heterocycles. The van der Waals surface area contributed by atoms with Crippen molar-refractivity contribution in [2.75, 3.05) is 43.9 Å². The number of benzene rings is 2. The number of nitrogens with zero attached hydrogens (tertiary/aromatic N) is 6. The van der Waals surface area contributed by atoms with Gasteiger partial charge >= 0.3 is 0 Å². The fraction of sp³-hybridized carbons (Fsp3) is 0.227. The van der Waals surface area contributed by atoms with E-state index in [1.165, 1.54) is 16.8 Å². The molecule has 0 spiro atoms. The van der Waals surface area contributed by atoms with Crippen molar-refractivity contribution in [3.05, 3.63) is 59.4 Å². The van der Waals surface area contributed by atoms with Crippen molar-refractivity contribution in [3.8, 4) is 16.9 Å². The summed E-state index contributed by atoms with van der Waals surface area (Å²) < 4.78 is 15.3. The molecule has 0 unspecified atom stereocenters. The molecule has 9 heteroatoms. The zero-order valence-electron chi connectivity index (χ0n) is 17.0. The monoisotopic (exact) mass is 437 g/mol. The van der Waals surface area contributed by atoms with E-state index in [1.54, 1.807) is 12.1 Å². The maximum absolute atomic E-state index is 13.8. The number of hydrogen-bond donors (Lipinski definition) is 1. The Morgan fingerprint density at radius 3 is 2.52 bits per heavy atom. The predicted octanol–water partition coefficient (Wildman–Crippen LogP) is 3.61. The Balaban J connectivity index is 1.73. The fourth-order valence-corrected chi connectivity index (χ4v) is 3.99. The highest BCUT2D eigenvalue weighted by Crippen LogP contribution is 2.34. The number of rotatable bonds is 3. The van der Waals surface area contributed by atoms with Gasteiger partial charge in [0.2, 0.25) is 5.95 Å². The van der Waals surface area contributed by atoms with Gasteiger partial charge in [-0.2, -0.15) is 4.98 Å². The maximum Gasteiger partial charge on any atom is 0.228 e. The van der Waals surface area contributed by atoms with Gasteiger partial charge in [-0.1, -0.05) is 29.8 Å². The number of aromatic nitrogens is 4. The number of fused-ring (bicyclic) bond motifs is 1. The number of anilines is 2. The third-order valence-electron chi connectivity index (χ3n) is 5.49. The van der Waals surface area contributed by atoms with Crippen molar-refractivity contribution in [1.29, 1.82) is 0 Å². The van der Waals surface area contributed by atoms with E-state index in [0.717, 1.165) is 31.7 Å². The van der Waals surface area contributed by atoms with Crippen LogP contribution in [0.4, 0.5) is 16.2 Å². The summed E-state index contributed by atoms with van der Waals surface area (Å²) in [5, 5.41) is 5.82. The molecule has 1 aliphatic heterocycles. The molecule has 2 aromatic carbocycles. The molecule has 2 aromatic heterocycles. The molecule has 2 N–H and O–H groups in total. The minimum atomic E-state index is -0.365. The van der Waals surface area contributed by atoms with Crippen molar-refractivity contribution < 1.29 is 4.39 Å². The summed E-state index contributed by atoms with van der Waals surface area (Å²) in [7, 11) is 2.10. The van der Waals surface area contributed by atoms with Gasteiger partial charge in [-0.15, -0.1) is 5.10 Å². The summed E-state index contributed by atoms with van der Waals surface area (Å²) in [6, 6.07) is 13.6. The van der Waals surface area contributed by atoms with Crippen LogP contribution in [0.1, 0.15) is 0 Å².